The minimum atomic E-state index is -0.189. The smallest absolute Gasteiger partial charge is 0.128 e. The minimum absolute atomic E-state index is 0.189. The van der Waals surface area contributed by atoms with Gasteiger partial charge in [-0.3, -0.25) is 9.88 Å². The molecule has 4 rings (SSSR count). The first-order chi connectivity index (χ1) is 11.8. The monoisotopic (exact) mass is 326 g/mol. The molecule has 1 aromatic carbocycles. The Balaban J connectivity index is 1.21. The average Bonchev–Trinajstić information content (AvgIpc) is 2.51. The highest BCUT2D eigenvalue weighted by atomic mass is 19.1. The molecule has 1 saturated heterocycles. The lowest BCUT2D eigenvalue weighted by Gasteiger charge is -2.39. The molecule has 1 aliphatic carbocycles. The molecule has 2 fully saturated rings. The van der Waals surface area contributed by atoms with E-state index in [1.54, 1.807) is 12.1 Å². The van der Waals surface area contributed by atoms with Crippen molar-refractivity contribution in [2.45, 2.75) is 44.4 Å². The Kier molecular flexibility index (Phi) is 4.58. The number of pyridine rings is 1. The molecule has 3 nitrogen and oxygen atoms in total. The molecule has 0 unspecified atom stereocenters. The molecule has 0 amide bonds. The van der Waals surface area contributed by atoms with Gasteiger partial charge in [0, 0.05) is 43.0 Å². The summed E-state index contributed by atoms with van der Waals surface area (Å²) < 4.78 is 19.3. The Hall–Kier alpha value is -1.78. The predicted octanol–water partition coefficient (Wildman–Crippen LogP) is 3.89. The first-order valence-electron chi connectivity index (χ1n) is 8.80. The summed E-state index contributed by atoms with van der Waals surface area (Å²) >= 11 is 0. The SMILES string of the molecule is Fc1ccccc1COC1CN(Cc2ccc(C3CCC3)nc2)C1. The zero-order chi connectivity index (χ0) is 16.4. The Morgan fingerprint density at radius 1 is 1.12 bits per heavy atom. The van der Waals surface area contributed by atoms with Gasteiger partial charge in [-0.25, -0.2) is 4.39 Å². The van der Waals surface area contributed by atoms with Gasteiger partial charge in [0.1, 0.15) is 5.82 Å². The van der Waals surface area contributed by atoms with Crippen LogP contribution in [0.5, 0.6) is 0 Å². The lowest BCUT2D eigenvalue weighted by Crippen LogP contribution is -2.51. The summed E-state index contributed by atoms with van der Waals surface area (Å²) in [7, 11) is 0. The third kappa shape index (κ3) is 3.50. The van der Waals surface area contributed by atoms with E-state index in [0.29, 0.717) is 18.1 Å². The van der Waals surface area contributed by atoms with Crippen molar-refractivity contribution in [2.75, 3.05) is 13.1 Å². The fourth-order valence-corrected chi connectivity index (χ4v) is 3.31. The van der Waals surface area contributed by atoms with E-state index in [4.69, 9.17) is 4.74 Å². The molecule has 2 heterocycles. The third-order valence-electron chi connectivity index (χ3n) is 5.13. The number of rotatable bonds is 6. The molecule has 2 aliphatic rings. The van der Waals surface area contributed by atoms with Crippen molar-refractivity contribution >= 4 is 0 Å². The van der Waals surface area contributed by atoms with Crippen molar-refractivity contribution in [3.05, 3.63) is 65.2 Å². The van der Waals surface area contributed by atoms with Crippen LogP contribution in [0.25, 0.3) is 0 Å². The van der Waals surface area contributed by atoms with Gasteiger partial charge >= 0.3 is 0 Å². The van der Waals surface area contributed by atoms with Gasteiger partial charge in [-0.2, -0.15) is 0 Å². The number of benzene rings is 1. The zero-order valence-corrected chi connectivity index (χ0v) is 13.8. The standard InChI is InChI=1S/C20H23FN2O/c21-19-7-2-1-4-17(19)14-24-18-12-23(13-18)11-15-8-9-20(22-10-15)16-5-3-6-16/h1-2,4,7-10,16,18H,3,5-6,11-14H2. The fourth-order valence-electron chi connectivity index (χ4n) is 3.31. The van der Waals surface area contributed by atoms with Crippen molar-refractivity contribution < 1.29 is 9.13 Å². The van der Waals surface area contributed by atoms with E-state index < -0.39 is 0 Å². The summed E-state index contributed by atoms with van der Waals surface area (Å²) in [6, 6.07) is 11.2. The summed E-state index contributed by atoms with van der Waals surface area (Å²) in [4.78, 5) is 6.96. The van der Waals surface area contributed by atoms with Crippen molar-refractivity contribution in [3.63, 3.8) is 0 Å². The van der Waals surface area contributed by atoms with Gasteiger partial charge < -0.3 is 4.74 Å². The van der Waals surface area contributed by atoms with Gasteiger partial charge in [0.05, 0.1) is 12.7 Å². The molecular weight excluding hydrogens is 303 g/mol. The molecule has 0 bridgehead atoms. The molecule has 1 aromatic heterocycles. The van der Waals surface area contributed by atoms with Gasteiger partial charge in [0.15, 0.2) is 0 Å². The number of hydrogen-bond acceptors (Lipinski definition) is 3. The normalized spacial score (nSPS) is 19.0. The quantitative estimate of drug-likeness (QED) is 0.805. The van der Waals surface area contributed by atoms with Gasteiger partial charge in [-0.15, -0.1) is 0 Å². The maximum absolute atomic E-state index is 13.5. The molecule has 0 spiro atoms. The van der Waals surface area contributed by atoms with E-state index in [1.807, 2.05) is 12.3 Å². The topological polar surface area (TPSA) is 25.4 Å². The molecule has 4 heteroatoms. The van der Waals surface area contributed by atoms with Crippen LogP contribution < -0.4 is 0 Å². The molecule has 0 radical (unpaired) electrons. The number of likely N-dealkylation sites (tertiary alicyclic amines) is 1. The van der Waals surface area contributed by atoms with Crippen molar-refractivity contribution in [3.8, 4) is 0 Å². The third-order valence-corrected chi connectivity index (χ3v) is 5.13. The Bertz CT molecular complexity index is 678. The largest absolute Gasteiger partial charge is 0.371 e. The maximum Gasteiger partial charge on any atom is 0.128 e. The Morgan fingerprint density at radius 3 is 2.62 bits per heavy atom. The Morgan fingerprint density at radius 2 is 1.96 bits per heavy atom. The number of ether oxygens (including phenoxy) is 1. The van der Waals surface area contributed by atoms with E-state index in [0.717, 1.165) is 19.6 Å². The lowest BCUT2D eigenvalue weighted by atomic mass is 9.82. The second-order valence-corrected chi connectivity index (χ2v) is 6.94. The van der Waals surface area contributed by atoms with E-state index in [2.05, 4.69) is 22.0 Å². The molecule has 2 aromatic rings. The van der Waals surface area contributed by atoms with Crippen LogP contribution >= 0.6 is 0 Å². The van der Waals surface area contributed by atoms with E-state index in [-0.39, 0.29) is 11.9 Å². The minimum Gasteiger partial charge on any atom is -0.371 e. The number of halogens is 1. The number of aromatic nitrogens is 1. The maximum atomic E-state index is 13.5. The fraction of sp³-hybridized carbons (Fsp3) is 0.450. The highest BCUT2D eigenvalue weighted by molar-refractivity contribution is 5.19. The van der Waals surface area contributed by atoms with Crippen LogP contribution in [0.4, 0.5) is 4.39 Å². The highest BCUT2D eigenvalue weighted by Crippen LogP contribution is 2.35. The van der Waals surface area contributed by atoms with Gasteiger partial charge in [-0.1, -0.05) is 30.7 Å². The van der Waals surface area contributed by atoms with Crippen molar-refractivity contribution in [2.24, 2.45) is 0 Å². The van der Waals surface area contributed by atoms with Crippen molar-refractivity contribution in [1.82, 2.24) is 9.88 Å². The molecule has 24 heavy (non-hydrogen) atoms. The first kappa shape index (κ1) is 15.7. The van der Waals surface area contributed by atoms with Gasteiger partial charge in [0.25, 0.3) is 0 Å². The number of nitrogens with zero attached hydrogens (tertiary/aromatic N) is 2. The molecule has 0 atom stereocenters. The van der Waals surface area contributed by atoms with E-state index in [1.165, 1.54) is 36.6 Å². The zero-order valence-electron chi connectivity index (χ0n) is 13.8. The van der Waals surface area contributed by atoms with Crippen LogP contribution in [0.2, 0.25) is 0 Å². The summed E-state index contributed by atoms with van der Waals surface area (Å²) in [5.74, 6) is 0.505. The lowest BCUT2D eigenvalue weighted by molar-refractivity contribution is -0.0665. The van der Waals surface area contributed by atoms with Crippen LogP contribution in [-0.4, -0.2) is 29.1 Å². The average molecular weight is 326 g/mol. The number of hydrogen-bond donors (Lipinski definition) is 0. The molecule has 126 valence electrons. The molecular formula is C20H23FN2O. The summed E-state index contributed by atoms with van der Waals surface area (Å²) in [6.07, 6.45) is 6.14. The second-order valence-electron chi connectivity index (χ2n) is 6.94. The predicted molar refractivity (Wildman–Crippen MR) is 91.1 cm³/mol. The first-order valence-corrected chi connectivity index (χ1v) is 8.80. The van der Waals surface area contributed by atoms with Crippen molar-refractivity contribution in [1.29, 1.82) is 0 Å². The Labute approximate surface area is 142 Å². The second kappa shape index (κ2) is 6.99. The van der Waals surface area contributed by atoms with Crippen LogP contribution in [0.1, 0.15) is 42.0 Å². The van der Waals surface area contributed by atoms with Gasteiger partial charge in [-0.05, 0) is 30.5 Å². The van der Waals surface area contributed by atoms with Crippen LogP contribution in [0.3, 0.4) is 0 Å². The summed E-state index contributed by atoms with van der Waals surface area (Å²) in [6.45, 7) is 3.07. The molecule has 1 aliphatic heterocycles. The van der Waals surface area contributed by atoms with E-state index >= 15 is 0 Å². The van der Waals surface area contributed by atoms with E-state index in [9.17, 15) is 4.39 Å². The molecule has 1 saturated carbocycles. The van der Waals surface area contributed by atoms with Crippen LogP contribution in [0, 0.1) is 5.82 Å². The highest BCUT2D eigenvalue weighted by Gasteiger charge is 2.27. The summed E-state index contributed by atoms with van der Waals surface area (Å²) in [5, 5.41) is 0. The van der Waals surface area contributed by atoms with Gasteiger partial charge in [0.2, 0.25) is 0 Å². The van der Waals surface area contributed by atoms with Crippen LogP contribution in [-0.2, 0) is 17.9 Å². The summed E-state index contributed by atoms with van der Waals surface area (Å²) in [5.41, 5.74) is 3.14. The van der Waals surface area contributed by atoms with Crippen LogP contribution in [0.15, 0.2) is 42.6 Å². The molecule has 0 N–H and O–H groups in total.